The summed E-state index contributed by atoms with van der Waals surface area (Å²) in [6.45, 7) is 1.42. The van der Waals surface area contributed by atoms with Crippen molar-refractivity contribution in [1.29, 1.82) is 0 Å². The maximum atomic E-state index is 10.3. The van der Waals surface area contributed by atoms with Crippen LogP contribution in [0.4, 0.5) is 0 Å². The van der Waals surface area contributed by atoms with E-state index in [9.17, 15) is 5.11 Å². The van der Waals surface area contributed by atoms with Crippen LogP contribution in [0.15, 0.2) is 60.7 Å². The summed E-state index contributed by atoms with van der Waals surface area (Å²) < 4.78 is 23.2. The summed E-state index contributed by atoms with van der Waals surface area (Å²) in [5, 5.41) is 10.3. The van der Waals surface area contributed by atoms with Crippen molar-refractivity contribution in [1.82, 2.24) is 0 Å². The molecule has 0 radical (unpaired) electrons. The molecule has 0 saturated carbocycles. The van der Waals surface area contributed by atoms with Crippen LogP contribution in [0.5, 0.6) is 11.5 Å². The van der Waals surface area contributed by atoms with Gasteiger partial charge < -0.3 is 24.1 Å². The van der Waals surface area contributed by atoms with E-state index in [0.29, 0.717) is 19.6 Å². The highest BCUT2D eigenvalue weighted by atomic mass is 16.7. The van der Waals surface area contributed by atoms with Gasteiger partial charge in [0.2, 0.25) is 6.79 Å². The number of hydrogen-bond donors (Lipinski definition) is 1. The summed E-state index contributed by atoms with van der Waals surface area (Å²) in [5.74, 6) is 1.50. The first kappa shape index (κ1) is 16.8. The minimum Gasteiger partial charge on any atom is -0.454 e. The maximum absolute atomic E-state index is 10.3. The summed E-state index contributed by atoms with van der Waals surface area (Å²) in [6, 6.07) is 16.1. The third-order valence-corrected chi connectivity index (χ3v) is 5.62. The van der Waals surface area contributed by atoms with Gasteiger partial charge in [-0.1, -0.05) is 48.6 Å². The molecule has 0 spiro atoms. The van der Waals surface area contributed by atoms with Gasteiger partial charge in [0.15, 0.2) is 11.5 Å². The van der Waals surface area contributed by atoms with E-state index >= 15 is 0 Å². The fraction of sp³-hybridized carbons (Fsp3) is 0.364. The first-order valence-electron chi connectivity index (χ1n) is 9.30. The molecule has 3 aliphatic rings. The van der Waals surface area contributed by atoms with Crippen molar-refractivity contribution in [2.24, 2.45) is 0 Å². The van der Waals surface area contributed by atoms with Gasteiger partial charge in [0, 0.05) is 6.42 Å². The van der Waals surface area contributed by atoms with Gasteiger partial charge in [-0.2, -0.15) is 0 Å². The fourth-order valence-corrected chi connectivity index (χ4v) is 4.12. The molecule has 2 aromatic carbocycles. The first-order chi connectivity index (χ1) is 13.3. The van der Waals surface area contributed by atoms with Crippen LogP contribution in [-0.2, 0) is 21.5 Å². The Hall–Kier alpha value is -2.34. The second-order valence-electron chi connectivity index (χ2n) is 7.27. The zero-order valence-electron chi connectivity index (χ0n) is 14.9. The Bertz CT molecular complexity index is 845. The van der Waals surface area contributed by atoms with E-state index in [1.165, 1.54) is 0 Å². The van der Waals surface area contributed by atoms with E-state index in [1.807, 2.05) is 48.5 Å². The smallest absolute Gasteiger partial charge is 0.231 e. The van der Waals surface area contributed by atoms with E-state index in [0.717, 1.165) is 22.6 Å². The second kappa shape index (κ2) is 6.68. The lowest BCUT2D eigenvalue weighted by atomic mass is 9.68. The molecule has 2 aliphatic heterocycles. The monoisotopic (exact) mass is 366 g/mol. The minimum atomic E-state index is -0.522. The molecule has 1 saturated heterocycles. The van der Waals surface area contributed by atoms with Gasteiger partial charge in [0.1, 0.15) is 0 Å². The van der Waals surface area contributed by atoms with Gasteiger partial charge in [0.25, 0.3) is 0 Å². The lowest BCUT2D eigenvalue weighted by Gasteiger charge is -2.41. The van der Waals surface area contributed by atoms with E-state index in [-0.39, 0.29) is 19.0 Å². The molecule has 1 aliphatic carbocycles. The summed E-state index contributed by atoms with van der Waals surface area (Å²) in [5.41, 5.74) is 1.72. The molecule has 4 atom stereocenters. The number of hydrogen-bond acceptors (Lipinski definition) is 5. The number of fused-ring (bicyclic) bond motifs is 1. The molecule has 1 fully saturated rings. The third kappa shape index (κ3) is 3.02. The van der Waals surface area contributed by atoms with Gasteiger partial charge in [-0.05, 0) is 23.3 Å². The number of aliphatic hydroxyl groups excluding tert-OH is 1. The van der Waals surface area contributed by atoms with Gasteiger partial charge >= 0.3 is 0 Å². The predicted molar refractivity (Wildman–Crippen MR) is 98.8 cm³/mol. The summed E-state index contributed by atoms with van der Waals surface area (Å²) in [4.78, 5) is 0. The minimum absolute atomic E-state index is 0.0300. The highest BCUT2D eigenvalue weighted by Crippen LogP contribution is 2.48. The van der Waals surface area contributed by atoms with Crippen molar-refractivity contribution < 1.29 is 24.1 Å². The summed E-state index contributed by atoms with van der Waals surface area (Å²) in [6.07, 6.45) is 3.75. The average molecular weight is 366 g/mol. The van der Waals surface area contributed by atoms with Crippen molar-refractivity contribution in [2.75, 3.05) is 13.4 Å². The van der Waals surface area contributed by atoms with Crippen molar-refractivity contribution in [2.45, 2.75) is 36.8 Å². The van der Waals surface area contributed by atoms with E-state index < -0.39 is 11.5 Å². The van der Waals surface area contributed by atoms with E-state index in [4.69, 9.17) is 18.9 Å². The Morgan fingerprint density at radius 1 is 1.07 bits per heavy atom. The standard InChI is InChI=1S/C22H22O5/c23-17-8-9-22(21-13-25-21,16-6-7-18-19(10-16)27-14-26-18)20(11-17)24-12-15-4-2-1-3-5-15/h1-10,17,20-21,23H,11-14H2/t17-,20-,21-,22+/m0/s1. The molecule has 0 bridgehead atoms. The first-order valence-corrected chi connectivity index (χ1v) is 9.30. The zero-order valence-corrected chi connectivity index (χ0v) is 14.9. The Balaban J connectivity index is 1.50. The summed E-state index contributed by atoms with van der Waals surface area (Å²) >= 11 is 0. The lowest BCUT2D eigenvalue weighted by Crippen LogP contribution is -2.48. The van der Waals surface area contributed by atoms with Crippen LogP contribution in [0.2, 0.25) is 0 Å². The predicted octanol–water partition coefficient (Wildman–Crippen LogP) is 2.96. The molecule has 0 aromatic heterocycles. The highest BCUT2D eigenvalue weighted by Gasteiger charge is 2.54. The molecular weight excluding hydrogens is 344 g/mol. The molecule has 5 rings (SSSR count). The normalized spacial score (nSPS) is 31.1. The molecule has 2 heterocycles. The molecule has 0 amide bonds. The molecule has 5 heteroatoms. The molecule has 5 nitrogen and oxygen atoms in total. The number of aliphatic hydroxyl groups is 1. The zero-order chi connectivity index (χ0) is 18.3. The Morgan fingerprint density at radius 3 is 2.70 bits per heavy atom. The van der Waals surface area contributed by atoms with Gasteiger partial charge in [-0.3, -0.25) is 0 Å². The van der Waals surface area contributed by atoms with Crippen LogP contribution >= 0.6 is 0 Å². The quantitative estimate of drug-likeness (QED) is 0.651. The van der Waals surface area contributed by atoms with Gasteiger partial charge in [-0.25, -0.2) is 0 Å². The second-order valence-corrected chi connectivity index (χ2v) is 7.27. The maximum Gasteiger partial charge on any atom is 0.231 e. The molecule has 27 heavy (non-hydrogen) atoms. The van der Waals surface area contributed by atoms with Crippen LogP contribution in [0.25, 0.3) is 0 Å². The van der Waals surface area contributed by atoms with Crippen molar-refractivity contribution in [3.05, 3.63) is 71.8 Å². The Morgan fingerprint density at radius 2 is 1.89 bits per heavy atom. The Labute approximate surface area is 158 Å². The van der Waals surface area contributed by atoms with Crippen LogP contribution < -0.4 is 9.47 Å². The van der Waals surface area contributed by atoms with Crippen LogP contribution in [0.3, 0.4) is 0 Å². The lowest BCUT2D eigenvalue weighted by molar-refractivity contribution is -0.0376. The molecule has 0 unspecified atom stereocenters. The molecule has 2 aromatic rings. The number of benzene rings is 2. The molecule has 1 N–H and O–H groups in total. The van der Waals surface area contributed by atoms with E-state index in [1.54, 1.807) is 0 Å². The van der Waals surface area contributed by atoms with Crippen LogP contribution in [0.1, 0.15) is 17.5 Å². The van der Waals surface area contributed by atoms with Crippen LogP contribution in [-0.4, -0.2) is 36.8 Å². The van der Waals surface area contributed by atoms with Crippen LogP contribution in [0, 0.1) is 0 Å². The van der Waals surface area contributed by atoms with Crippen molar-refractivity contribution in [3.63, 3.8) is 0 Å². The van der Waals surface area contributed by atoms with Crippen molar-refractivity contribution >= 4 is 0 Å². The number of epoxide rings is 1. The Kier molecular flexibility index (Phi) is 4.16. The fourth-order valence-electron chi connectivity index (χ4n) is 4.12. The topological polar surface area (TPSA) is 60.5 Å². The molecule has 140 valence electrons. The van der Waals surface area contributed by atoms with Gasteiger partial charge in [0.05, 0.1) is 36.9 Å². The SMILES string of the molecule is O[C@H]1C=C[C@](c2ccc3c(c2)OCO3)([C@@H]2CO2)[C@@H](OCc2ccccc2)C1. The van der Waals surface area contributed by atoms with Gasteiger partial charge in [-0.15, -0.1) is 0 Å². The van der Waals surface area contributed by atoms with E-state index in [2.05, 4.69) is 12.1 Å². The van der Waals surface area contributed by atoms with Crippen molar-refractivity contribution in [3.8, 4) is 11.5 Å². The molecular formula is C22H22O5. The average Bonchev–Trinajstić information content (AvgIpc) is 3.45. The largest absolute Gasteiger partial charge is 0.454 e. The third-order valence-electron chi connectivity index (χ3n) is 5.62. The highest BCUT2D eigenvalue weighted by molar-refractivity contribution is 5.50. The number of rotatable bonds is 5. The number of ether oxygens (including phenoxy) is 4. The summed E-state index contributed by atoms with van der Waals surface area (Å²) in [7, 11) is 0.